The van der Waals surface area contributed by atoms with Crippen molar-refractivity contribution in [2.24, 2.45) is 17.8 Å². The van der Waals surface area contributed by atoms with Gasteiger partial charge in [0.05, 0.1) is 0 Å². The number of aryl methyl sites for hydroxylation is 1. The van der Waals surface area contributed by atoms with Gasteiger partial charge in [-0.1, -0.05) is 20.8 Å². The fourth-order valence-corrected chi connectivity index (χ4v) is 4.04. The molecule has 118 valence electrons. The Morgan fingerprint density at radius 1 is 1.14 bits per heavy atom. The second-order valence-corrected chi connectivity index (χ2v) is 7.13. The standard InChI is InChI=1S/C19H32N2/c1-4-9-21-19(6-5-17-7-10-20-11-8-17)18-13-15(2)12-16(3)14-18/h7-8,10-11,15-16,18-19,21H,4-6,9,12-14H2,1-3H3. The van der Waals surface area contributed by atoms with Crippen LogP contribution < -0.4 is 5.32 Å². The third kappa shape index (κ3) is 5.43. The Morgan fingerprint density at radius 2 is 1.81 bits per heavy atom. The number of rotatable bonds is 7. The Hall–Kier alpha value is -0.890. The Balaban J connectivity index is 1.93. The zero-order chi connectivity index (χ0) is 15.1. The van der Waals surface area contributed by atoms with Crippen LogP contribution in [-0.2, 0) is 6.42 Å². The Bertz CT molecular complexity index is 380. The number of hydrogen-bond acceptors (Lipinski definition) is 2. The summed E-state index contributed by atoms with van der Waals surface area (Å²) >= 11 is 0. The second-order valence-electron chi connectivity index (χ2n) is 7.13. The lowest BCUT2D eigenvalue weighted by molar-refractivity contribution is 0.171. The van der Waals surface area contributed by atoms with Crippen molar-refractivity contribution in [3.63, 3.8) is 0 Å². The van der Waals surface area contributed by atoms with Crippen LogP contribution in [0.25, 0.3) is 0 Å². The minimum Gasteiger partial charge on any atom is -0.314 e. The van der Waals surface area contributed by atoms with Gasteiger partial charge in [0, 0.05) is 18.4 Å². The van der Waals surface area contributed by atoms with Crippen molar-refractivity contribution < 1.29 is 0 Å². The van der Waals surface area contributed by atoms with Crippen molar-refractivity contribution in [1.29, 1.82) is 0 Å². The van der Waals surface area contributed by atoms with E-state index in [0.717, 1.165) is 24.3 Å². The van der Waals surface area contributed by atoms with Crippen molar-refractivity contribution in [2.75, 3.05) is 6.54 Å². The predicted octanol–water partition coefficient (Wildman–Crippen LogP) is 4.45. The van der Waals surface area contributed by atoms with Crippen molar-refractivity contribution in [3.8, 4) is 0 Å². The number of aromatic nitrogens is 1. The minimum atomic E-state index is 0.684. The lowest BCUT2D eigenvalue weighted by Gasteiger charge is -2.37. The molecule has 1 aromatic rings. The molecule has 0 aliphatic heterocycles. The normalized spacial score (nSPS) is 27.5. The van der Waals surface area contributed by atoms with Crippen LogP contribution in [0.3, 0.4) is 0 Å². The molecular weight excluding hydrogens is 256 g/mol. The minimum absolute atomic E-state index is 0.684. The molecular formula is C19H32N2. The van der Waals surface area contributed by atoms with Gasteiger partial charge in [-0.2, -0.15) is 0 Å². The van der Waals surface area contributed by atoms with Crippen LogP contribution >= 0.6 is 0 Å². The second kappa shape index (κ2) is 8.53. The van der Waals surface area contributed by atoms with E-state index in [9.17, 15) is 0 Å². The fourth-order valence-electron chi connectivity index (χ4n) is 4.04. The molecule has 2 heteroatoms. The third-order valence-corrected chi connectivity index (χ3v) is 4.93. The lowest BCUT2D eigenvalue weighted by Crippen LogP contribution is -2.40. The molecule has 1 saturated carbocycles. The van der Waals surface area contributed by atoms with E-state index in [1.807, 2.05) is 12.4 Å². The first-order chi connectivity index (χ1) is 10.2. The zero-order valence-electron chi connectivity index (χ0n) is 14.0. The average molecular weight is 288 g/mol. The molecule has 1 aromatic heterocycles. The smallest absolute Gasteiger partial charge is 0.0270 e. The van der Waals surface area contributed by atoms with Crippen LogP contribution in [0, 0.1) is 17.8 Å². The average Bonchev–Trinajstić information content (AvgIpc) is 2.47. The Morgan fingerprint density at radius 3 is 2.43 bits per heavy atom. The predicted molar refractivity (Wildman–Crippen MR) is 90.3 cm³/mol. The van der Waals surface area contributed by atoms with Crippen LogP contribution in [0.15, 0.2) is 24.5 Å². The SMILES string of the molecule is CCCNC(CCc1ccncc1)C1CC(C)CC(C)C1. The topological polar surface area (TPSA) is 24.9 Å². The molecule has 1 aliphatic carbocycles. The Kier molecular flexibility index (Phi) is 6.69. The van der Waals surface area contributed by atoms with E-state index in [2.05, 4.69) is 43.2 Å². The van der Waals surface area contributed by atoms with E-state index in [1.54, 1.807) is 0 Å². The van der Waals surface area contributed by atoms with Crippen LogP contribution in [-0.4, -0.2) is 17.6 Å². The van der Waals surface area contributed by atoms with Gasteiger partial charge in [-0.25, -0.2) is 0 Å². The Labute approximate surface area is 130 Å². The van der Waals surface area contributed by atoms with E-state index in [0.29, 0.717) is 6.04 Å². The molecule has 0 spiro atoms. The summed E-state index contributed by atoms with van der Waals surface area (Å²) < 4.78 is 0. The summed E-state index contributed by atoms with van der Waals surface area (Å²) in [6.07, 6.45) is 11.7. The largest absolute Gasteiger partial charge is 0.314 e. The molecule has 1 fully saturated rings. The fraction of sp³-hybridized carbons (Fsp3) is 0.737. The molecule has 0 bridgehead atoms. The van der Waals surface area contributed by atoms with E-state index < -0.39 is 0 Å². The highest BCUT2D eigenvalue weighted by Gasteiger charge is 2.29. The first-order valence-corrected chi connectivity index (χ1v) is 8.81. The summed E-state index contributed by atoms with van der Waals surface area (Å²) in [6, 6.07) is 5.00. The third-order valence-electron chi connectivity index (χ3n) is 4.93. The van der Waals surface area contributed by atoms with Crippen molar-refractivity contribution in [3.05, 3.63) is 30.1 Å². The van der Waals surface area contributed by atoms with Gasteiger partial charge in [0.25, 0.3) is 0 Å². The quantitative estimate of drug-likeness (QED) is 0.801. The molecule has 0 aromatic carbocycles. The molecule has 1 aliphatic rings. The van der Waals surface area contributed by atoms with E-state index in [1.165, 1.54) is 44.1 Å². The summed E-state index contributed by atoms with van der Waals surface area (Å²) in [5, 5.41) is 3.83. The summed E-state index contributed by atoms with van der Waals surface area (Å²) in [5.41, 5.74) is 1.42. The first kappa shape index (κ1) is 16.5. The molecule has 0 radical (unpaired) electrons. The summed E-state index contributed by atoms with van der Waals surface area (Å²) in [6.45, 7) is 8.28. The van der Waals surface area contributed by atoms with Gasteiger partial charge in [0.15, 0.2) is 0 Å². The maximum Gasteiger partial charge on any atom is 0.0270 e. The maximum absolute atomic E-state index is 4.12. The highest BCUT2D eigenvalue weighted by molar-refractivity contribution is 5.10. The number of nitrogens with one attached hydrogen (secondary N) is 1. The number of pyridine rings is 1. The molecule has 1 heterocycles. The molecule has 3 unspecified atom stereocenters. The van der Waals surface area contributed by atoms with Crippen LogP contribution in [0.2, 0.25) is 0 Å². The number of nitrogens with zero attached hydrogens (tertiary/aromatic N) is 1. The molecule has 1 N–H and O–H groups in total. The van der Waals surface area contributed by atoms with Crippen LogP contribution in [0.5, 0.6) is 0 Å². The highest BCUT2D eigenvalue weighted by atomic mass is 14.9. The van der Waals surface area contributed by atoms with E-state index in [-0.39, 0.29) is 0 Å². The van der Waals surface area contributed by atoms with Crippen LogP contribution in [0.4, 0.5) is 0 Å². The van der Waals surface area contributed by atoms with Crippen molar-refractivity contribution >= 4 is 0 Å². The van der Waals surface area contributed by atoms with Gasteiger partial charge in [-0.15, -0.1) is 0 Å². The van der Waals surface area contributed by atoms with E-state index in [4.69, 9.17) is 0 Å². The van der Waals surface area contributed by atoms with Gasteiger partial charge >= 0.3 is 0 Å². The van der Waals surface area contributed by atoms with Gasteiger partial charge in [-0.05, 0) is 80.5 Å². The zero-order valence-corrected chi connectivity index (χ0v) is 14.0. The van der Waals surface area contributed by atoms with Gasteiger partial charge in [0.1, 0.15) is 0 Å². The maximum atomic E-state index is 4.12. The molecule has 2 rings (SSSR count). The van der Waals surface area contributed by atoms with Gasteiger partial charge in [-0.3, -0.25) is 4.98 Å². The summed E-state index contributed by atoms with van der Waals surface area (Å²) in [5.74, 6) is 2.65. The monoisotopic (exact) mass is 288 g/mol. The molecule has 3 atom stereocenters. The molecule has 21 heavy (non-hydrogen) atoms. The van der Waals surface area contributed by atoms with E-state index >= 15 is 0 Å². The summed E-state index contributed by atoms with van der Waals surface area (Å²) in [4.78, 5) is 4.12. The first-order valence-electron chi connectivity index (χ1n) is 8.81. The summed E-state index contributed by atoms with van der Waals surface area (Å²) in [7, 11) is 0. The lowest BCUT2D eigenvalue weighted by atomic mass is 9.73. The molecule has 0 saturated heterocycles. The van der Waals surface area contributed by atoms with Crippen molar-refractivity contribution in [1.82, 2.24) is 10.3 Å². The van der Waals surface area contributed by atoms with Gasteiger partial charge < -0.3 is 5.32 Å². The highest BCUT2D eigenvalue weighted by Crippen LogP contribution is 2.35. The van der Waals surface area contributed by atoms with Crippen molar-refractivity contribution in [2.45, 2.75) is 65.3 Å². The molecule has 0 amide bonds. The number of hydrogen-bond donors (Lipinski definition) is 1. The van der Waals surface area contributed by atoms with Gasteiger partial charge in [0.2, 0.25) is 0 Å². The molecule has 2 nitrogen and oxygen atoms in total. The van der Waals surface area contributed by atoms with Crippen LogP contribution in [0.1, 0.15) is 58.4 Å².